The summed E-state index contributed by atoms with van der Waals surface area (Å²) in [6.45, 7) is 0. The number of rotatable bonds is 3. The van der Waals surface area contributed by atoms with Gasteiger partial charge in [0.2, 0.25) is 0 Å². The molecule has 0 atom stereocenters. The summed E-state index contributed by atoms with van der Waals surface area (Å²) in [7, 11) is 0. The standard InChI is InChI=1S/C17H14BrClN2/c18-16-7-11(10-20)1-6-17(16)21-15-8-13(9-15)12-2-4-14(19)5-3-12/h1-7,13,15,21H,8-9H2. The summed E-state index contributed by atoms with van der Waals surface area (Å²) in [4.78, 5) is 0. The van der Waals surface area contributed by atoms with Crippen LogP contribution in [0, 0.1) is 11.3 Å². The molecular formula is C17H14BrClN2. The van der Waals surface area contributed by atoms with Crippen molar-refractivity contribution in [2.75, 3.05) is 5.32 Å². The SMILES string of the molecule is N#Cc1ccc(NC2CC(c3ccc(Cl)cc3)C2)c(Br)c1. The van der Waals surface area contributed by atoms with Gasteiger partial charge in [0, 0.05) is 21.2 Å². The highest BCUT2D eigenvalue weighted by molar-refractivity contribution is 9.10. The van der Waals surface area contributed by atoms with Crippen LogP contribution < -0.4 is 5.32 Å². The highest BCUT2D eigenvalue weighted by Crippen LogP contribution is 2.39. The van der Waals surface area contributed by atoms with Crippen molar-refractivity contribution in [1.82, 2.24) is 0 Å². The maximum atomic E-state index is 8.87. The number of nitrogens with zero attached hydrogens (tertiary/aromatic N) is 1. The molecule has 2 aromatic rings. The van der Waals surface area contributed by atoms with Gasteiger partial charge in [0.25, 0.3) is 0 Å². The zero-order valence-corrected chi connectivity index (χ0v) is 13.7. The Morgan fingerprint density at radius 3 is 2.48 bits per heavy atom. The fraction of sp³-hybridized carbons (Fsp3) is 0.235. The van der Waals surface area contributed by atoms with Crippen molar-refractivity contribution in [1.29, 1.82) is 5.26 Å². The molecule has 2 nitrogen and oxygen atoms in total. The summed E-state index contributed by atoms with van der Waals surface area (Å²) in [6.07, 6.45) is 2.24. The van der Waals surface area contributed by atoms with Crippen molar-refractivity contribution >= 4 is 33.2 Å². The van der Waals surface area contributed by atoms with Crippen molar-refractivity contribution in [3.63, 3.8) is 0 Å². The Morgan fingerprint density at radius 1 is 1.14 bits per heavy atom. The van der Waals surface area contributed by atoms with E-state index in [1.165, 1.54) is 5.56 Å². The van der Waals surface area contributed by atoms with E-state index in [0.29, 0.717) is 17.5 Å². The molecule has 0 heterocycles. The van der Waals surface area contributed by atoms with Gasteiger partial charge in [0.05, 0.1) is 11.6 Å². The number of hydrogen-bond donors (Lipinski definition) is 1. The smallest absolute Gasteiger partial charge is 0.0992 e. The predicted molar refractivity (Wildman–Crippen MR) is 89.7 cm³/mol. The molecule has 2 aromatic carbocycles. The number of nitriles is 1. The normalized spacial score (nSPS) is 20.4. The fourth-order valence-electron chi connectivity index (χ4n) is 2.66. The molecule has 0 aliphatic heterocycles. The molecule has 0 saturated heterocycles. The van der Waals surface area contributed by atoms with E-state index in [1.807, 2.05) is 30.3 Å². The lowest BCUT2D eigenvalue weighted by Gasteiger charge is -2.37. The predicted octanol–water partition coefficient (Wildman–Crippen LogP) is 5.33. The van der Waals surface area contributed by atoms with Crippen molar-refractivity contribution in [3.05, 3.63) is 63.1 Å². The third kappa shape index (κ3) is 3.23. The van der Waals surface area contributed by atoms with Crippen molar-refractivity contribution < 1.29 is 0 Å². The Bertz CT molecular complexity index is 685. The van der Waals surface area contributed by atoms with Crippen LogP contribution in [0.15, 0.2) is 46.9 Å². The van der Waals surface area contributed by atoms with Crippen molar-refractivity contribution in [3.8, 4) is 6.07 Å². The molecule has 4 heteroatoms. The van der Waals surface area contributed by atoms with E-state index >= 15 is 0 Å². The summed E-state index contributed by atoms with van der Waals surface area (Å²) >= 11 is 9.42. The third-order valence-corrected chi connectivity index (χ3v) is 4.85. The lowest BCUT2D eigenvalue weighted by Crippen LogP contribution is -2.34. The van der Waals surface area contributed by atoms with Gasteiger partial charge in [-0.05, 0) is 70.6 Å². The van der Waals surface area contributed by atoms with Crippen LogP contribution in [0.5, 0.6) is 0 Å². The quantitative estimate of drug-likeness (QED) is 0.801. The molecule has 0 amide bonds. The van der Waals surface area contributed by atoms with Crippen molar-refractivity contribution in [2.24, 2.45) is 0 Å². The minimum Gasteiger partial charge on any atom is -0.381 e. The van der Waals surface area contributed by atoms with Crippen LogP contribution in [0.2, 0.25) is 5.02 Å². The minimum absolute atomic E-state index is 0.481. The summed E-state index contributed by atoms with van der Waals surface area (Å²) < 4.78 is 0.941. The van der Waals surface area contributed by atoms with Gasteiger partial charge in [-0.3, -0.25) is 0 Å². The van der Waals surface area contributed by atoms with Crippen LogP contribution in [0.4, 0.5) is 5.69 Å². The summed E-state index contributed by atoms with van der Waals surface area (Å²) in [5, 5.41) is 13.2. The zero-order chi connectivity index (χ0) is 14.8. The fourth-order valence-corrected chi connectivity index (χ4v) is 3.28. The van der Waals surface area contributed by atoms with E-state index in [-0.39, 0.29) is 0 Å². The van der Waals surface area contributed by atoms with Gasteiger partial charge in [-0.2, -0.15) is 5.26 Å². The maximum absolute atomic E-state index is 8.87. The van der Waals surface area contributed by atoms with E-state index in [0.717, 1.165) is 28.0 Å². The zero-order valence-electron chi connectivity index (χ0n) is 11.3. The molecule has 1 saturated carbocycles. The Balaban J connectivity index is 1.60. The van der Waals surface area contributed by atoms with Crippen LogP contribution in [0.3, 0.4) is 0 Å². The summed E-state index contributed by atoms with van der Waals surface area (Å²) in [6, 6.07) is 16.4. The van der Waals surface area contributed by atoms with Crippen molar-refractivity contribution in [2.45, 2.75) is 24.8 Å². The molecule has 21 heavy (non-hydrogen) atoms. The van der Waals surface area contributed by atoms with Gasteiger partial charge in [-0.25, -0.2) is 0 Å². The molecular weight excluding hydrogens is 348 g/mol. The largest absolute Gasteiger partial charge is 0.381 e. The minimum atomic E-state index is 0.481. The Hall–Kier alpha value is -1.50. The first kappa shape index (κ1) is 14.4. The highest BCUT2D eigenvalue weighted by Gasteiger charge is 2.30. The first-order valence-corrected chi connectivity index (χ1v) is 8.04. The van der Waals surface area contributed by atoms with Gasteiger partial charge < -0.3 is 5.32 Å². The van der Waals surface area contributed by atoms with E-state index in [4.69, 9.17) is 16.9 Å². The molecule has 1 N–H and O–H groups in total. The lowest BCUT2D eigenvalue weighted by atomic mass is 9.76. The summed E-state index contributed by atoms with van der Waals surface area (Å²) in [5.74, 6) is 0.608. The number of nitrogens with one attached hydrogen (secondary N) is 1. The molecule has 0 bridgehead atoms. The molecule has 1 aliphatic carbocycles. The van der Waals surface area contributed by atoms with Gasteiger partial charge in [-0.15, -0.1) is 0 Å². The second-order valence-corrected chi connectivity index (χ2v) is 6.66. The average Bonchev–Trinajstić information content (AvgIpc) is 2.45. The molecule has 1 aliphatic rings. The van der Waals surface area contributed by atoms with Gasteiger partial charge in [0.15, 0.2) is 0 Å². The van der Waals surface area contributed by atoms with E-state index in [1.54, 1.807) is 0 Å². The third-order valence-electron chi connectivity index (χ3n) is 3.94. The molecule has 0 unspecified atom stereocenters. The van der Waals surface area contributed by atoms with Gasteiger partial charge in [-0.1, -0.05) is 23.7 Å². The topological polar surface area (TPSA) is 35.8 Å². The van der Waals surface area contributed by atoms with E-state index < -0.39 is 0 Å². The summed E-state index contributed by atoms with van der Waals surface area (Å²) in [5.41, 5.74) is 3.07. The van der Waals surface area contributed by atoms with Crippen LogP contribution >= 0.6 is 27.5 Å². The first-order valence-electron chi connectivity index (χ1n) is 6.87. The highest BCUT2D eigenvalue weighted by atomic mass is 79.9. The first-order chi connectivity index (χ1) is 10.2. The number of halogens is 2. The lowest BCUT2D eigenvalue weighted by molar-refractivity contribution is 0.374. The second kappa shape index (κ2) is 6.09. The Labute approximate surface area is 137 Å². The number of benzene rings is 2. The van der Waals surface area contributed by atoms with Crippen LogP contribution in [-0.4, -0.2) is 6.04 Å². The Kier molecular flexibility index (Phi) is 4.19. The Morgan fingerprint density at radius 2 is 1.86 bits per heavy atom. The number of hydrogen-bond acceptors (Lipinski definition) is 2. The number of anilines is 1. The molecule has 106 valence electrons. The van der Waals surface area contributed by atoms with E-state index in [2.05, 4.69) is 39.4 Å². The van der Waals surface area contributed by atoms with Crippen LogP contribution in [0.25, 0.3) is 0 Å². The van der Waals surface area contributed by atoms with Gasteiger partial charge >= 0.3 is 0 Å². The monoisotopic (exact) mass is 360 g/mol. The maximum Gasteiger partial charge on any atom is 0.0992 e. The second-order valence-electron chi connectivity index (χ2n) is 5.37. The molecule has 0 aromatic heterocycles. The van der Waals surface area contributed by atoms with Crippen LogP contribution in [0.1, 0.15) is 29.9 Å². The molecule has 0 radical (unpaired) electrons. The average molecular weight is 362 g/mol. The molecule has 1 fully saturated rings. The van der Waals surface area contributed by atoms with E-state index in [9.17, 15) is 0 Å². The molecule has 0 spiro atoms. The molecule has 3 rings (SSSR count). The van der Waals surface area contributed by atoms with Crippen LogP contribution in [-0.2, 0) is 0 Å². The van der Waals surface area contributed by atoms with Gasteiger partial charge in [0.1, 0.15) is 0 Å².